The maximum Gasteiger partial charge on any atom is 0.293 e. The summed E-state index contributed by atoms with van der Waals surface area (Å²) in [7, 11) is 1.73. The summed E-state index contributed by atoms with van der Waals surface area (Å²) in [6, 6.07) is 0.308. The lowest BCUT2D eigenvalue weighted by molar-refractivity contribution is 0.364. The van der Waals surface area contributed by atoms with E-state index in [1.807, 2.05) is 15.8 Å². The highest BCUT2D eigenvalue weighted by molar-refractivity contribution is 9.10. The average molecular weight is 310 g/mol. The number of halogens is 1. The molecule has 0 N–H and O–H groups in total. The third-order valence-electron chi connectivity index (χ3n) is 3.10. The number of anilines is 1. The zero-order chi connectivity index (χ0) is 12.7. The van der Waals surface area contributed by atoms with Crippen LogP contribution in [0.15, 0.2) is 34.1 Å². The molecule has 0 aromatic carbocycles. The third kappa shape index (κ3) is 1.84. The minimum absolute atomic E-state index is 0.0578. The van der Waals surface area contributed by atoms with Gasteiger partial charge in [0.15, 0.2) is 5.82 Å². The van der Waals surface area contributed by atoms with E-state index in [1.54, 1.807) is 30.2 Å². The van der Waals surface area contributed by atoms with E-state index in [4.69, 9.17) is 0 Å². The molecule has 7 heteroatoms. The van der Waals surface area contributed by atoms with Gasteiger partial charge in [-0.2, -0.15) is 5.10 Å². The first-order valence-corrected chi connectivity index (χ1v) is 6.40. The SMILES string of the molecule is Cn1ccnc(N2CC(n3cc(Br)cn3)C2)c1=O. The van der Waals surface area contributed by atoms with Crippen molar-refractivity contribution in [3.8, 4) is 0 Å². The third-order valence-corrected chi connectivity index (χ3v) is 3.51. The average Bonchev–Trinajstić information content (AvgIpc) is 2.69. The molecule has 94 valence electrons. The molecule has 0 saturated carbocycles. The molecule has 6 nitrogen and oxygen atoms in total. The Hall–Kier alpha value is -1.63. The molecule has 0 radical (unpaired) electrons. The number of rotatable bonds is 2. The Morgan fingerprint density at radius 2 is 2.22 bits per heavy atom. The van der Waals surface area contributed by atoms with Gasteiger partial charge in [0, 0.05) is 38.7 Å². The van der Waals surface area contributed by atoms with E-state index in [2.05, 4.69) is 26.0 Å². The van der Waals surface area contributed by atoms with Gasteiger partial charge in [-0.25, -0.2) is 4.98 Å². The summed E-state index contributed by atoms with van der Waals surface area (Å²) in [6.45, 7) is 1.53. The van der Waals surface area contributed by atoms with Crippen LogP contribution in [0.5, 0.6) is 0 Å². The largest absolute Gasteiger partial charge is 0.348 e. The van der Waals surface area contributed by atoms with Crippen LogP contribution < -0.4 is 10.5 Å². The minimum Gasteiger partial charge on any atom is -0.348 e. The van der Waals surface area contributed by atoms with Gasteiger partial charge < -0.3 is 9.47 Å². The van der Waals surface area contributed by atoms with Gasteiger partial charge in [-0.15, -0.1) is 0 Å². The summed E-state index contributed by atoms with van der Waals surface area (Å²) < 4.78 is 4.42. The first-order chi connectivity index (χ1) is 8.65. The number of nitrogens with zero attached hydrogens (tertiary/aromatic N) is 5. The van der Waals surface area contributed by atoms with Crippen LogP contribution in [0, 0.1) is 0 Å². The summed E-state index contributed by atoms with van der Waals surface area (Å²) in [6.07, 6.45) is 7.02. The zero-order valence-electron chi connectivity index (χ0n) is 9.82. The Morgan fingerprint density at radius 1 is 1.44 bits per heavy atom. The standard InChI is InChI=1S/C11H12BrN5O/c1-15-3-2-13-10(11(15)18)16-6-9(7-16)17-5-8(12)4-14-17/h2-5,9H,6-7H2,1H3. The number of hydrogen-bond acceptors (Lipinski definition) is 4. The van der Waals surface area contributed by atoms with E-state index in [-0.39, 0.29) is 5.56 Å². The summed E-state index contributed by atoms with van der Waals surface area (Å²) in [5.74, 6) is 0.516. The summed E-state index contributed by atoms with van der Waals surface area (Å²) in [5.41, 5.74) is -0.0578. The quantitative estimate of drug-likeness (QED) is 0.823. The van der Waals surface area contributed by atoms with E-state index in [9.17, 15) is 4.79 Å². The van der Waals surface area contributed by atoms with Crippen molar-refractivity contribution < 1.29 is 0 Å². The van der Waals surface area contributed by atoms with E-state index in [0.29, 0.717) is 11.9 Å². The fourth-order valence-corrected chi connectivity index (χ4v) is 2.31. The van der Waals surface area contributed by atoms with Gasteiger partial charge in [0.1, 0.15) is 0 Å². The van der Waals surface area contributed by atoms with Crippen LogP contribution in [-0.2, 0) is 7.05 Å². The molecular formula is C11H12BrN5O. The van der Waals surface area contributed by atoms with Crippen molar-refractivity contribution in [1.82, 2.24) is 19.3 Å². The molecule has 0 spiro atoms. The summed E-state index contributed by atoms with van der Waals surface area (Å²) in [4.78, 5) is 18.0. The number of aromatic nitrogens is 4. The van der Waals surface area contributed by atoms with Crippen molar-refractivity contribution in [3.05, 3.63) is 39.6 Å². The zero-order valence-corrected chi connectivity index (χ0v) is 11.4. The lowest BCUT2D eigenvalue weighted by Crippen LogP contribution is -2.50. The molecule has 2 aromatic rings. The second kappa shape index (κ2) is 4.24. The first-order valence-electron chi connectivity index (χ1n) is 5.61. The molecule has 0 unspecified atom stereocenters. The van der Waals surface area contributed by atoms with Crippen molar-refractivity contribution >= 4 is 21.7 Å². The molecule has 1 saturated heterocycles. The normalized spacial score (nSPS) is 15.8. The summed E-state index contributed by atoms with van der Waals surface area (Å²) >= 11 is 3.37. The van der Waals surface area contributed by atoms with Crippen LogP contribution in [0.1, 0.15) is 6.04 Å². The lowest BCUT2D eigenvalue weighted by Gasteiger charge is -2.39. The Balaban J connectivity index is 1.76. The van der Waals surface area contributed by atoms with Gasteiger partial charge in [-0.05, 0) is 15.9 Å². The molecule has 1 aliphatic rings. The predicted molar refractivity (Wildman–Crippen MR) is 70.7 cm³/mol. The number of hydrogen-bond donors (Lipinski definition) is 0. The minimum atomic E-state index is -0.0578. The molecule has 1 fully saturated rings. The second-order valence-electron chi connectivity index (χ2n) is 4.36. The highest BCUT2D eigenvalue weighted by Crippen LogP contribution is 2.24. The van der Waals surface area contributed by atoms with Crippen LogP contribution >= 0.6 is 15.9 Å². The number of aryl methyl sites for hydroxylation is 1. The molecular weight excluding hydrogens is 298 g/mol. The van der Waals surface area contributed by atoms with Gasteiger partial charge in [0.2, 0.25) is 0 Å². The highest BCUT2D eigenvalue weighted by Gasteiger charge is 2.31. The maximum atomic E-state index is 11.9. The monoisotopic (exact) mass is 309 g/mol. The van der Waals surface area contributed by atoms with Gasteiger partial charge in [-0.3, -0.25) is 9.48 Å². The van der Waals surface area contributed by atoms with Crippen molar-refractivity contribution in [2.75, 3.05) is 18.0 Å². The van der Waals surface area contributed by atoms with Crippen molar-refractivity contribution in [3.63, 3.8) is 0 Å². The Labute approximate surface area is 112 Å². The first kappa shape index (κ1) is 11.5. The van der Waals surface area contributed by atoms with Crippen LogP contribution in [-0.4, -0.2) is 32.4 Å². The van der Waals surface area contributed by atoms with E-state index in [1.165, 1.54) is 0 Å². The van der Waals surface area contributed by atoms with Gasteiger partial charge in [0.25, 0.3) is 5.56 Å². The molecule has 0 aliphatic carbocycles. The van der Waals surface area contributed by atoms with Crippen LogP contribution in [0.3, 0.4) is 0 Å². The highest BCUT2D eigenvalue weighted by atomic mass is 79.9. The predicted octanol–water partition coefficient (Wildman–Crippen LogP) is 0.801. The molecule has 0 bridgehead atoms. The van der Waals surface area contributed by atoms with Crippen molar-refractivity contribution in [2.45, 2.75) is 6.04 Å². The maximum absolute atomic E-state index is 11.9. The van der Waals surface area contributed by atoms with E-state index < -0.39 is 0 Å². The summed E-state index contributed by atoms with van der Waals surface area (Å²) in [5, 5.41) is 4.25. The Morgan fingerprint density at radius 3 is 2.89 bits per heavy atom. The molecule has 1 aliphatic heterocycles. The lowest BCUT2D eigenvalue weighted by atomic mass is 10.1. The van der Waals surface area contributed by atoms with Gasteiger partial charge in [-0.1, -0.05) is 0 Å². The second-order valence-corrected chi connectivity index (χ2v) is 5.28. The molecule has 0 amide bonds. The molecule has 18 heavy (non-hydrogen) atoms. The van der Waals surface area contributed by atoms with E-state index in [0.717, 1.165) is 17.6 Å². The van der Waals surface area contributed by atoms with Crippen LogP contribution in [0.2, 0.25) is 0 Å². The molecule has 3 rings (SSSR count). The van der Waals surface area contributed by atoms with E-state index >= 15 is 0 Å². The van der Waals surface area contributed by atoms with Crippen LogP contribution in [0.25, 0.3) is 0 Å². The Kier molecular flexibility index (Phi) is 2.70. The van der Waals surface area contributed by atoms with Gasteiger partial charge in [0.05, 0.1) is 16.7 Å². The van der Waals surface area contributed by atoms with Crippen molar-refractivity contribution in [2.24, 2.45) is 7.05 Å². The van der Waals surface area contributed by atoms with Crippen molar-refractivity contribution in [1.29, 1.82) is 0 Å². The topological polar surface area (TPSA) is 56.0 Å². The molecule has 3 heterocycles. The fourth-order valence-electron chi connectivity index (χ4n) is 2.01. The molecule has 0 atom stereocenters. The fraction of sp³-hybridized carbons (Fsp3) is 0.364. The smallest absolute Gasteiger partial charge is 0.293 e. The molecule has 2 aromatic heterocycles. The Bertz CT molecular complexity index is 628. The van der Waals surface area contributed by atoms with Crippen LogP contribution in [0.4, 0.5) is 5.82 Å². The van der Waals surface area contributed by atoms with Gasteiger partial charge >= 0.3 is 0 Å².